The van der Waals surface area contributed by atoms with Gasteiger partial charge in [-0.25, -0.2) is 36.9 Å². The highest BCUT2D eigenvalue weighted by Crippen LogP contribution is 2.34. The molecule has 1 saturated heterocycles. The van der Waals surface area contributed by atoms with E-state index in [4.69, 9.17) is 9.47 Å². The fourth-order valence-corrected chi connectivity index (χ4v) is 5.76. The Morgan fingerprint density at radius 2 is 1.65 bits per heavy atom. The van der Waals surface area contributed by atoms with Gasteiger partial charge in [0.15, 0.2) is 16.5 Å². The van der Waals surface area contributed by atoms with Crippen LogP contribution in [0, 0.1) is 11.6 Å². The molecule has 1 N–H and O–H groups in total. The summed E-state index contributed by atoms with van der Waals surface area (Å²) >= 11 is 0. The molecule has 12 nitrogen and oxygen atoms in total. The average molecular weight is 614 g/mol. The van der Waals surface area contributed by atoms with Crippen LogP contribution >= 0.6 is 0 Å². The second kappa shape index (κ2) is 11.6. The number of sulfonamides is 1. The summed E-state index contributed by atoms with van der Waals surface area (Å²) in [5, 5.41) is 0.726. The largest absolute Gasteiger partial charge is 0.480 e. The van der Waals surface area contributed by atoms with E-state index in [1.807, 2.05) is 26.8 Å². The number of ether oxygens (including phenoxy) is 2. The molecular formula is C28H29F2N7O5S. The highest BCUT2D eigenvalue weighted by atomic mass is 32.2. The van der Waals surface area contributed by atoms with Crippen molar-refractivity contribution in [2.75, 3.05) is 42.9 Å². The second-order valence-electron chi connectivity index (χ2n) is 10.7. The molecule has 0 atom stereocenters. The molecule has 4 heterocycles. The number of carbonyl (C=O) groups is 1. The molecule has 15 heteroatoms. The van der Waals surface area contributed by atoms with Gasteiger partial charge in [0.2, 0.25) is 5.88 Å². The number of anilines is 2. The predicted molar refractivity (Wildman–Crippen MR) is 154 cm³/mol. The molecule has 0 saturated carbocycles. The highest BCUT2D eigenvalue weighted by molar-refractivity contribution is 7.92. The Bertz CT molecular complexity index is 1770. The number of nitrogens with one attached hydrogen (secondary N) is 1. The van der Waals surface area contributed by atoms with E-state index < -0.39 is 32.2 Å². The van der Waals surface area contributed by atoms with Gasteiger partial charge < -0.3 is 19.3 Å². The van der Waals surface area contributed by atoms with E-state index in [-0.39, 0.29) is 17.7 Å². The maximum atomic E-state index is 14.2. The lowest BCUT2D eigenvalue weighted by atomic mass is 10.0. The number of pyridine rings is 2. The molecule has 1 aliphatic heterocycles. The molecule has 3 aromatic heterocycles. The van der Waals surface area contributed by atoms with Crippen LogP contribution in [0.3, 0.4) is 0 Å². The maximum absolute atomic E-state index is 14.2. The van der Waals surface area contributed by atoms with Crippen LogP contribution in [0.25, 0.3) is 22.0 Å². The van der Waals surface area contributed by atoms with Crippen molar-refractivity contribution >= 4 is 38.5 Å². The molecule has 5 rings (SSSR count). The third-order valence-corrected chi connectivity index (χ3v) is 7.96. The van der Waals surface area contributed by atoms with Gasteiger partial charge >= 0.3 is 6.09 Å². The number of piperazine rings is 1. The SMILES string of the molecule is COc1ncc(-c2ccc3ncnc(N4CCN(C(=O)OC(C)(C)C)CC4)c3c2)cc1NS(=O)(=O)c1c(F)cncc1F. The van der Waals surface area contributed by atoms with Crippen molar-refractivity contribution in [3.8, 4) is 17.0 Å². The van der Waals surface area contributed by atoms with Gasteiger partial charge in [-0.05, 0) is 44.5 Å². The zero-order valence-corrected chi connectivity index (χ0v) is 24.7. The van der Waals surface area contributed by atoms with Crippen molar-refractivity contribution < 1.29 is 31.5 Å². The lowest BCUT2D eigenvalue weighted by Crippen LogP contribution is -2.50. The lowest BCUT2D eigenvalue weighted by Gasteiger charge is -2.36. The topological polar surface area (TPSA) is 140 Å². The zero-order valence-electron chi connectivity index (χ0n) is 23.8. The Labute approximate surface area is 246 Å². The Hall–Kier alpha value is -4.66. The normalized spacial score (nSPS) is 14.1. The molecule has 43 heavy (non-hydrogen) atoms. The van der Waals surface area contributed by atoms with Crippen LogP contribution in [0.1, 0.15) is 20.8 Å². The molecule has 226 valence electrons. The number of carbonyl (C=O) groups excluding carboxylic acids is 1. The van der Waals surface area contributed by atoms with E-state index in [0.717, 1.165) is 5.39 Å². The molecule has 0 bridgehead atoms. The van der Waals surface area contributed by atoms with Crippen molar-refractivity contribution in [2.45, 2.75) is 31.3 Å². The number of rotatable bonds is 6. The van der Waals surface area contributed by atoms with Crippen molar-refractivity contribution in [1.82, 2.24) is 24.8 Å². The Balaban J connectivity index is 1.44. The van der Waals surface area contributed by atoms with Gasteiger partial charge in [0.25, 0.3) is 10.0 Å². The molecule has 0 aliphatic carbocycles. The van der Waals surface area contributed by atoms with Crippen LogP contribution < -0.4 is 14.4 Å². The van der Waals surface area contributed by atoms with E-state index in [2.05, 4.69) is 29.6 Å². The number of hydrogen-bond acceptors (Lipinski definition) is 10. The van der Waals surface area contributed by atoms with Crippen LogP contribution in [0.2, 0.25) is 0 Å². The molecule has 4 aromatic rings. The summed E-state index contributed by atoms with van der Waals surface area (Å²) in [6.07, 6.45) is 3.80. The highest BCUT2D eigenvalue weighted by Gasteiger charge is 2.28. The minimum absolute atomic E-state index is 0.102. The first-order valence-electron chi connectivity index (χ1n) is 13.2. The summed E-state index contributed by atoms with van der Waals surface area (Å²) in [6.45, 7) is 7.41. The molecule has 0 spiro atoms. The molecule has 1 fully saturated rings. The number of aromatic nitrogens is 4. The third kappa shape index (κ3) is 6.40. The number of nitrogens with zero attached hydrogens (tertiary/aromatic N) is 6. The van der Waals surface area contributed by atoms with Crippen molar-refractivity contribution in [3.63, 3.8) is 0 Å². The summed E-state index contributed by atoms with van der Waals surface area (Å²) in [5.74, 6) is -2.12. The molecule has 0 radical (unpaired) electrons. The van der Waals surface area contributed by atoms with Crippen LogP contribution in [0.15, 0.2) is 54.1 Å². The summed E-state index contributed by atoms with van der Waals surface area (Å²) in [6, 6.07) is 6.87. The molecule has 1 amide bonds. The van der Waals surface area contributed by atoms with Crippen molar-refractivity contribution in [1.29, 1.82) is 0 Å². The van der Waals surface area contributed by atoms with Crippen LogP contribution in [0.4, 0.5) is 25.1 Å². The van der Waals surface area contributed by atoms with E-state index >= 15 is 0 Å². The summed E-state index contributed by atoms with van der Waals surface area (Å²) < 4.78 is 67.2. The quantitative estimate of drug-likeness (QED) is 0.336. The van der Waals surface area contributed by atoms with E-state index in [1.54, 1.807) is 17.0 Å². The minimum atomic E-state index is -4.71. The average Bonchev–Trinajstić information content (AvgIpc) is 2.95. The molecule has 1 aromatic carbocycles. The first-order chi connectivity index (χ1) is 20.4. The predicted octanol–water partition coefficient (Wildman–Crippen LogP) is 4.23. The number of methoxy groups -OCH3 is 1. The summed E-state index contributed by atoms with van der Waals surface area (Å²) in [5.41, 5.74) is 1.09. The lowest BCUT2D eigenvalue weighted by molar-refractivity contribution is 0.0240. The van der Waals surface area contributed by atoms with Gasteiger partial charge in [-0.15, -0.1) is 0 Å². The number of benzene rings is 1. The Morgan fingerprint density at radius 3 is 2.30 bits per heavy atom. The van der Waals surface area contributed by atoms with Crippen LogP contribution in [-0.2, 0) is 14.8 Å². The Morgan fingerprint density at radius 1 is 0.953 bits per heavy atom. The van der Waals surface area contributed by atoms with E-state index in [9.17, 15) is 22.0 Å². The van der Waals surface area contributed by atoms with E-state index in [1.165, 1.54) is 25.7 Å². The fraction of sp³-hybridized carbons (Fsp3) is 0.321. The maximum Gasteiger partial charge on any atom is 0.410 e. The molecular weight excluding hydrogens is 584 g/mol. The number of amides is 1. The zero-order chi connectivity index (χ0) is 30.9. The fourth-order valence-electron chi connectivity index (χ4n) is 4.60. The van der Waals surface area contributed by atoms with E-state index in [0.29, 0.717) is 61.0 Å². The molecule has 1 aliphatic rings. The van der Waals surface area contributed by atoms with Crippen molar-refractivity contribution in [3.05, 3.63) is 60.8 Å². The third-order valence-electron chi connectivity index (χ3n) is 6.55. The van der Waals surface area contributed by atoms with Gasteiger partial charge in [0.05, 0.1) is 25.0 Å². The number of halogens is 2. The van der Waals surface area contributed by atoms with Gasteiger partial charge in [-0.2, -0.15) is 0 Å². The second-order valence-corrected chi connectivity index (χ2v) is 12.3. The summed E-state index contributed by atoms with van der Waals surface area (Å²) in [7, 11) is -3.42. The van der Waals surface area contributed by atoms with Gasteiger partial charge in [0, 0.05) is 43.3 Å². The van der Waals surface area contributed by atoms with Crippen LogP contribution in [-0.4, -0.2) is 78.2 Å². The van der Waals surface area contributed by atoms with Crippen molar-refractivity contribution in [2.24, 2.45) is 0 Å². The summed E-state index contributed by atoms with van der Waals surface area (Å²) in [4.78, 5) is 31.5. The Kier molecular flexibility index (Phi) is 8.01. The number of hydrogen-bond donors (Lipinski definition) is 1. The number of fused-ring (bicyclic) bond motifs is 1. The van der Waals surface area contributed by atoms with Gasteiger partial charge in [-0.1, -0.05) is 6.07 Å². The first-order valence-corrected chi connectivity index (χ1v) is 14.7. The minimum Gasteiger partial charge on any atom is -0.480 e. The smallest absolute Gasteiger partial charge is 0.410 e. The monoisotopic (exact) mass is 613 g/mol. The van der Waals surface area contributed by atoms with Crippen LogP contribution in [0.5, 0.6) is 5.88 Å². The van der Waals surface area contributed by atoms with Gasteiger partial charge in [-0.3, -0.25) is 9.71 Å². The standard InChI is InChI=1S/C28H29F2N7O5S/c1-28(2,3)42-27(38)37-9-7-36(8-10-37)25-19-11-17(5-6-22(19)33-16-34-25)18-12-23(26(41-4)32-13-18)35-43(39,40)24-20(29)14-31-15-21(24)30/h5-6,11-16,35H,7-10H2,1-4H3. The van der Waals surface area contributed by atoms with Gasteiger partial charge in [0.1, 0.15) is 23.4 Å². The first kappa shape index (κ1) is 29.8. The molecule has 0 unspecified atom stereocenters.